The number of fused-ring (bicyclic) bond motifs is 1. The highest BCUT2D eigenvalue weighted by atomic mass is 16.1. The van der Waals surface area contributed by atoms with Crippen molar-refractivity contribution in [3.05, 3.63) is 112 Å². The molecule has 0 N–H and O–H groups in total. The molecule has 0 amide bonds. The molecule has 2 aliphatic carbocycles. The van der Waals surface area contributed by atoms with Crippen LogP contribution in [0.4, 0.5) is 0 Å². The number of allylic oxidation sites excluding steroid dienone is 1. The summed E-state index contributed by atoms with van der Waals surface area (Å²) in [5.74, 6) is 2.02. The van der Waals surface area contributed by atoms with Gasteiger partial charge in [-0.25, -0.2) is 0 Å². The first-order valence-corrected chi connectivity index (χ1v) is 14.0. The van der Waals surface area contributed by atoms with Crippen LogP contribution in [0.2, 0.25) is 0 Å². The van der Waals surface area contributed by atoms with Gasteiger partial charge in [0.1, 0.15) is 0 Å². The summed E-state index contributed by atoms with van der Waals surface area (Å²) in [5.41, 5.74) is 9.00. The molecule has 1 heteroatoms. The fraction of sp³-hybridized carbons (Fsp3) is 0.400. The van der Waals surface area contributed by atoms with Gasteiger partial charge in [0.05, 0.1) is 5.92 Å². The molecule has 2 aliphatic rings. The normalized spacial score (nSPS) is 21.8. The zero-order valence-corrected chi connectivity index (χ0v) is 22.8. The second-order valence-corrected chi connectivity index (χ2v) is 10.7. The van der Waals surface area contributed by atoms with Gasteiger partial charge in [0, 0.05) is 5.92 Å². The zero-order valence-electron chi connectivity index (χ0n) is 22.8. The van der Waals surface area contributed by atoms with Gasteiger partial charge in [0.15, 0.2) is 5.78 Å². The Morgan fingerprint density at radius 2 is 1.50 bits per heavy atom. The molecule has 0 radical (unpaired) electrons. The molecule has 0 heterocycles. The van der Waals surface area contributed by atoms with Crippen molar-refractivity contribution in [1.29, 1.82) is 0 Å². The maximum Gasteiger partial charge on any atom is 0.163 e. The Bertz CT molecular complexity index is 1190. The number of rotatable bonds is 5. The van der Waals surface area contributed by atoms with Crippen LogP contribution in [0, 0.1) is 12.8 Å². The van der Waals surface area contributed by atoms with Gasteiger partial charge in [0.2, 0.25) is 0 Å². The molecule has 3 aromatic carbocycles. The number of ketones is 1. The molecule has 188 valence electrons. The first kappa shape index (κ1) is 26.1. The molecule has 0 aliphatic heterocycles. The molecule has 2 unspecified atom stereocenters. The van der Waals surface area contributed by atoms with Gasteiger partial charge in [-0.2, -0.15) is 0 Å². The van der Waals surface area contributed by atoms with Crippen LogP contribution in [0.5, 0.6) is 0 Å². The summed E-state index contributed by atoms with van der Waals surface area (Å²) in [6, 6.07) is 24.5. The van der Waals surface area contributed by atoms with Gasteiger partial charge in [-0.3, -0.25) is 4.79 Å². The summed E-state index contributed by atoms with van der Waals surface area (Å²) in [7, 11) is 0. The van der Waals surface area contributed by atoms with E-state index in [2.05, 4.69) is 87.5 Å². The molecule has 1 saturated carbocycles. The molecule has 5 rings (SSSR count). The fourth-order valence-corrected chi connectivity index (χ4v) is 5.87. The number of benzene rings is 3. The standard InChI is InChI=1S/C33H36O.C2H6/c1-22-8-10-26(11-9-22)27-14-12-25(13-15-27)24(3)30-17-16-28-18-19-33(34)32(31(28)21-30)20-29-7-5-4-6-23(29)2;1-2/h4-7,12-19,21-22,24,26,32H,8-11,20H2,1-3H3;1-2H3. The number of hydrogen-bond donors (Lipinski definition) is 0. The van der Waals surface area contributed by atoms with Gasteiger partial charge in [-0.05, 0) is 83.0 Å². The van der Waals surface area contributed by atoms with E-state index in [-0.39, 0.29) is 11.7 Å². The molecule has 3 aromatic rings. The second-order valence-electron chi connectivity index (χ2n) is 10.7. The Labute approximate surface area is 218 Å². The lowest BCUT2D eigenvalue weighted by molar-refractivity contribution is -0.116. The topological polar surface area (TPSA) is 17.1 Å². The molecule has 0 spiro atoms. The van der Waals surface area contributed by atoms with E-state index in [9.17, 15) is 4.79 Å². The van der Waals surface area contributed by atoms with E-state index in [4.69, 9.17) is 0 Å². The van der Waals surface area contributed by atoms with Crippen LogP contribution < -0.4 is 0 Å². The lowest BCUT2D eigenvalue weighted by Crippen LogP contribution is -2.18. The van der Waals surface area contributed by atoms with Gasteiger partial charge in [-0.1, -0.05) is 113 Å². The maximum atomic E-state index is 12.9. The Hall–Kier alpha value is -2.93. The molecular formula is C35H42O. The van der Waals surface area contributed by atoms with Crippen molar-refractivity contribution in [2.24, 2.45) is 5.92 Å². The van der Waals surface area contributed by atoms with Gasteiger partial charge in [0.25, 0.3) is 0 Å². The zero-order chi connectivity index (χ0) is 25.7. The first-order chi connectivity index (χ1) is 17.5. The van der Waals surface area contributed by atoms with Crippen molar-refractivity contribution >= 4 is 11.9 Å². The fourth-order valence-electron chi connectivity index (χ4n) is 5.87. The minimum absolute atomic E-state index is 0.107. The summed E-state index contributed by atoms with van der Waals surface area (Å²) in [5, 5.41) is 0. The Morgan fingerprint density at radius 1 is 0.833 bits per heavy atom. The summed E-state index contributed by atoms with van der Waals surface area (Å²) in [6.07, 6.45) is 9.87. The van der Waals surface area contributed by atoms with Crippen molar-refractivity contribution in [3.63, 3.8) is 0 Å². The van der Waals surface area contributed by atoms with E-state index in [1.165, 1.54) is 64.6 Å². The predicted molar refractivity (Wildman–Crippen MR) is 154 cm³/mol. The highest BCUT2D eigenvalue weighted by Gasteiger charge is 2.26. The van der Waals surface area contributed by atoms with E-state index in [1.807, 2.05) is 19.9 Å². The third kappa shape index (κ3) is 5.72. The van der Waals surface area contributed by atoms with E-state index in [0.717, 1.165) is 18.3 Å². The highest BCUT2D eigenvalue weighted by Crippen LogP contribution is 2.37. The van der Waals surface area contributed by atoms with Crippen molar-refractivity contribution in [1.82, 2.24) is 0 Å². The number of hydrogen-bond acceptors (Lipinski definition) is 1. The Kier molecular flexibility index (Phi) is 8.62. The van der Waals surface area contributed by atoms with Crippen LogP contribution in [-0.2, 0) is 11.2 Å². The third-order valence-electron chi connectivity index (χ3n) is 8.37. The Morgan fingerprint density at radius 3 is 2.19 bits per heavy atom. The van der Waals surface area contributed by atoms with Crippen LogP contribution in [0.3, 0.4) is 0 Å². The quantitative estimate of drug-likeness (QED) is 0.357. The second kappa shape index (κ2) is 11.9. The van der Waals surface area contributed by atoms with E-state index < -0.39 is 0 Å². The summed E-state index contributed by atoms with van der Waals surface area (Å²) >= 11 is 0. The van der Waals surface area contributed by atoms with Crippen LogP contribution in [0.25, 0.3) is 6.08 Å². The Balaban J connectivity index is 0.00000148. The smallest absolute Gasteiger partial charge is 0.163 e. The first-order valence-electron chi connectivity index (χ1n) is 14.0. The lowest BCUT2D eigenvalue weighted by atomic mass is 9.78. The average molecular weight is 479 g/mol. The number of carbonyl (C=O) groups excluding carboxylic acids is 1. The molecule has 0 aromatic heterocycles. The van der Waals surface area contributed by atoms with Crippen molar-refractivity contribution in [2.75, 3.05) is 0 Å². The lowest BCUT2D eigenvalue weighted by Gasteiger charge is -2.27. The van der Waals surface area contributed by atoms with Crippen molar-refractivity contribution < 1.29 is 4.79 Å². The summed E-state index contributed by atoms with van der Waals surface area (Å²) in [4.78, 5) is 12.9. The van der Waals surface area contributed by atoms with Crippen LogP contribution in [0.15, 0.2) is 72.8 Å². The third-order valence-corrected chi connectivity index (χ3v) is 8.37. The van der Waals surface area contributed by atoms with Crippen molar-refractivity contribution in [2.45, 2.75) is 84.5 Å². The van der Waals surface area contributed by atoms with Gasteiger partial charge in [-0.15, -0.1) is 0 Å². The largest absolute Gasteiger partial charge is 0.294 e. The van der Waals surface area contributed by atoms with E-state index in [1.54, 1.807) is 6.08 Å². The monoisotopic (exact) mass is 478 g/mol. The van der Waals surface area contributed by atoms with E-state index in [0.29, 0.717) is 5.92 Å². The molecule has 1 fully saturated rings. The van der Waals surface area contributed by atoms with Gasteiger partial charge < -0.3 is 0 Å². The summed E-state index contributed by atoms with van der Waals surface area (Å²) in [6.45, 7) is 10.8. The number of aryl methyl sites for hydroxylation is 1. The maximum absolute atomic E-state index is 12.9. The molecule has 36 heavy (non-hydrogen) atoms. The molecule has 0 bridgehead atoms. The number of carbonyl (C=O) groups is 1. The van der Waals surface area contributed by atoms with Gasteiger partial charge >= 0.3 is 0 Å². The average Bonchev–Trinajstić information content (AvgIpc) is 2.92. The van der Waals surface area contributed by atoms with Crippen LogP contribution >= 0.6 is 0 Å². The molecule has 0 saturated heterocycles. The van der Waals surface area contributed by atoms with Crippen LogP contribution in [-0.4, -0.2) is 5.78 Å². The summed E-state index contributed by atoms with van der Waals surface area (Å²) < 4.78 is 0. The SMILES string of the molecule is CC.Cc1ccccc1CC1C(=O)C=Cc2ccc(C(C)c3ccc(C4CCC(C)CC4)cc3)cc21. The highest BCUT2D eigenvalue weighted by molar-refractivity contribution is 6.02. The van der Waals surface area contributed by atoms with E-state index >= 15 is 0 Å². The molecule has 1 nitrogen and oxygen atoms in total. The van der Waals surface area contributed by atoms with Crippen molar-refractivity contribution in [3.8, 4) is 0 Å². The molecular weight excluding hydrogens is 436 g/mol. The predicted octanol–water partition coefficient (Wildman–Crippen LogP) is 9.39. The van der Waals surface area contributed by atoms with Crippen LogP contribution in [0.1, 0.15) is 110 Å². The minimum atomic E-state index is -0.107. The molecule has 2 atom stereocenters. The minimum Gasteiger partial charge on any atom is -0.294 e.